The molecular weight excluding hydrogens is 428 g/mol. The molecule has 6 bridgehead atoms. The van der Waals surface area contributed by atoms with Crippen LogP contribution in [0.15, 0.2) is 36.5 Å². The molecule has 0 spiro atoms. The number of aliphatic hydroxyl groups is 1. The number of hydrogen-bond donors (Lipinski definition) is 1. The number of fused-ring (bicyclic) bond motifs is 10. The Hall–Kier alpha value is -0.900. The van der Waals surface area contributed by atoms with Crippen molar-refractivity contribution in [1.29, 1.82) is 0 Å². The van der Waals surface area contributed by atoms with Crippen LogP contribution in [-0.2, 0) is 0 Å². The molecule has 35 heavy (non-hydrogen) atoms. The van der Waals surface area contributed by atoms with Crippen LogP contribution in [0.25, 0.3) is 0 Å². The highest BCUT2D eigenvalue weighted by Crippen LogP contribution is 2.40. The minimum Gasteiger partial charge on any atom is -0.388 e. The third-order valence-electron chi connectivity index (χ3n) is 9.33. The van der Waals surface area contributed by atoms with E-state index in [1.54, 1.807) is 0 Å². The molecular formula is C32H54N2O. The summed E-state index contributed by atoms with van der Waals surface area (Å²) in [4.78, 5) is 5.45. The summed E-state index contributed by atoms with van der Waals surface area (Å²) < 4.78 is 0. The quantitative estimate of drug-likeness (QED) is 0.377. The van der Waals surface area contributed by atoms with Gasteiger partial charge in [0.2, 0.25) is 0 Å². The van der Waals surface area contributed by atoms with Crippen molar-refractivity contribution in [1.82, 2.24) is 9.80 Å². The maximum absolute atomic E-state index is 10.8. The van der Waals surface area contributed by atoms with Crippen molar-refractivity contribution < 1.29 is 5.11 Å². The lowest BCUT2D eigenvalue weighted by molar-refractivity contribution is 0.00962. The summed E-state index contributed by atoms with van der Waals surface area (Å²) in [5.74, 6) is 3.39. The van der Waals surface area contributed by atoms with Gasteiger partial charge >= 0.3 is 0 Å². The molecule has 5 heterocycles. The molecule has 4 unspecified atom stereocenters. The molecule has 3 nitrogen and oxygen atoms in total. The van der Waals surface area contributed by atoms with Gasteiger partial charge < -0.3 is 10.0 Å². The Morgan fingerprint density at radius 2 is 1.31 bits per heavy atom. The van der Waals surface area contributed by atoms with Crippen LogP contribution in [0.2, 0.25) is 0 Å². The zero-order valence-corrected chi connectivity index (χ0v) is 22.5. The Morgan fingerprint density at radius 3 is 2.23 bits per heavy atom. The van der Waals surface area contributed by atoms with Crippen LogP contribution >= 0.6 is 0 Å². The van der Waals surface area contributed by atoms with Crippen LogP contribution in [0.4, 0.5) is 0 Å². The van der Waals surface area contributed by atoms with Crippen LogP contribution in [0.3, 0.4) is 0 Å². The first-order valence-electron chi connectivity index (χ1n) is 15.4. The van der Waals surface area contributed by atoms with Gasteiger partial charge in [0.1, 0.15) is 0 Å². The largest absolute Gasteiger partial charge is 0.388 e. The summed E-state index contributed by atoms with van der Waals surface area (Å²) in [7, 11) is 0. The van der Waals surface area contributed by atoms with E-state index in [0.717, 1.165) is 36.6 Å². The lowest BCUT2D eigenvalue weighted by Crippen LogP contribution is -2.50. The molecule has 1 N–H and O–H groups in total. The molecule has 5 aliphatic rings. The van der Waals surface area contributed by atoms with E-state index in [-0.39, 0.29) is 6.10 Å². The van der Waals surface area contributed by atoms with Crippen molar-refractivity contribution in [3.63, 3.8) is 0 Å². The highest BCUT2D eigenvalue weighted by atomic mass is 16.3. The first kappa shape index (κ1) is 27.1. The van der Waals surface area contributed by atoms with Crippen molar-refractivity contribution in [3.05, 3.63) is 36.5 Å². The molecule has 5 rings (SSSR count). The van der Waals surface area contributed by atoms with Gasteiger partial charge in [-0.15, -0.1) is 0 Å². The zero-order valence-electron chi connectivity index (χ0n) is 22.5. The van der Waals surface area contributed by atoms with E-state index in [4.69, 9.17) is 0 Å². The number of piperidine rings is 2. The fraction of sp³-hybridized carbons (Fsp3) is 0.812. The third-order valence-corrected chi connectivity index (χ3v) is 9.33. The molecule has 0 aromatic carbocycles. The van der Waals surface area contributed by atoms with Crippen LogP contribution < -0.4 is 0 Å². The Morgan fingerprint density at radius 1 is 0.571 bits per heavy atom. The minimum atomic E-state index is -0.328. The van der Waals surface area contributed by atoms with E-state index in [1.807, 2.05) is 0 Å². The van der Waals surface area contributed by atoms with Crippen LogP contribution in [-0.4, -0.2) is 60.3 Å². The highest BCUT2D eigenvalue weighted by Gasteiger charge is 2.38. The maximum atomic E-state index is 10.8. The molecule has 0 radical (unpaired) electrons. The molecule has 7 atom stereocenters. The molecule has 0 aromatic rings. The average Bonchev–Trinajstić information content (AvgIpc) is 2.85. The second kappa shape index (κ2) is 15.4. The fourth-order valence-corrected chi connectivity index (χ4v) is 7.51. The van der Waals surface area contributed by atoms with Gasteiger partial charge in [0.15, 0.2) is 0 Å². The van der Waals surface area contributed by atoms with Gasteiger partial charge in [-0.25, -0.2) is 0 Å². The van der Waals surface area contributed by atoms with Crippen LogP contribution in [0, 0.1) is 23.7 Å². The van der Waals surface area contributed by atoms with Crippen molar-refractivity contribution >= 4 is 0 Å². The summed E-state index contributed by atoms with van der Waals surface area (Å²) >= 11 is 0. The van der Waals surface area contributed by atoms with Gasteiger partial charge in [-0.1, -0.05) is 68.6 Å². The molecule has 3 heteroatoms. The molecule has 0 aliphatic carbocycles. The van der Waals surface area contributed by atoms with E-state index >= 15 is 0 Å². The Balaban J connectivity index is 1.51. The van der Waals surface area contributed by atoms with Gasteiger partial charge in [-0.2, -0.15) is 0 Å². The molecule has 2 fully saturated rings. The van der Waals surface area contributed by atoms with E-state index in [0.29, 0.717) is 0 Å². The van der Waals surface area contributed by atoms with E-state index < -0.39 is 0 Å². The predicted octanol–water partition coefficient (Wildman–Crippen LogP) is 6.99. The molecule has 198 valence electrons. The van der Waals surface area contributed by atoms with E-state index in [9.17, 15) is 5.11 Å². The summed E-state index contributed by atoms with van der Waals surface area (Å²) in [6.45, 7) is 7.11. The monoisotopic (exact) mass is 482 g/mol. The molecule has 2 saturated heterocycles. The predicted molar refractivity (Wildman–Crippen MR) is 150 cm³/mol. The number of nitrogens with zero attached hydrogens (tertiary/aromatic N) is 2. The molecule has 0 saturated carbocycles. The normalized spacial score (nSPS) is 41.6. The number of allylic oxidation sites excluding steroid dienone is 4. The lowest BCUT2D eigenvalue weighted by Gasteiger charge is -2.47. The molecule has 0 aromatic heterocycles. The second-order valence-corrected chi connectivity index (χ2v) is 12.2. The summed E-state index contributed by atoms with van der Waals surface area (Å²) in [5.41, 5.74) is 0. The van der Waals surface area contributed by atoms with Gasteiger partial charge in [0.25, 0.3) is 0 Å². The summed E-state index contributed by atoms with van der Waals surface area (Å²) in [6.07, 6.45) is 33.4. The van der Waals surface area contributed by atoms with Crippen LogP contribution in [0.5, 0.6) is 0 Å². The smallest absolute Gasteiger partial charge is 0.0847 e. The van der Waals surface area contributed by atoms with Gasteiger partial charge in [0.05, 0.1) is 6.10 Å². The first-order valence-corrected chi connectivity index (χ1v) is 15.4. The Kier molecular flexibility index (Phi) is 11.9. The van der Waals surface area contributed by atoms with E-state index in [2.05, 4.69) is 46.3 Å². The Bertz CT molecular complexity index is 670. The number of hydrogen-bond acceptors (Lipinski definition) is 3. The van der Waals surface area contributed by atoms with Gasteiger partial charge in [-0.3, -0.25) is 4.90 Å². The SMILES string of the molecule is OC1/C=C\C/C=C\CCCCC[C@@H]2CN3CC/C=C\CCCCCCC4C[C@H](CN(C1)C4)[C@@H]2CC3. The average molecular weight is 483 g/mol. The second-order valence-electron chi connectivity index (χ2n) is 12.2. The third kappa shape index (κ3) is 9.48. The zero-order chi connectivity index (χ0) is 24.1. The number of aliphatic hydroxyl groups excluding tert-OH is 1. The van der Waals surface area contributed by atoms with Crippen LogP contribution in [0.1, 0.15) is 96.3 Å². The van der Waals surface area contributed by atoms with Crippen molar-refractivity contribution in [2.75, 3.05) is 39.3 Å². The fourth-order valence-electron chi connectivity index (χ4n) is 7.51. The van der Waals surface area contributed by atoms with Crippen molar-refractivity contribution in [3.8, 4) is 0 Å². The summed E-state index contributed by atoms with van der Waals surface area (Å²) in [6, 6.07) is 0. The minimum absolute atomic E-state index is 0.328. The van der Waals surface area contributed by atoms with E-state index in [1.165, 1.54) is 123 Å². The summed E-state index contributed by atoms with van der Waals surface area (Å²) in [5, 5.41) is 10.8. The Labute approximate surface area is 216 Å². The molecule has 0 amide bonds. The van der Waals surface area contributed by atoms with Gasteiger partial charge in [-0.05, 0) is 94.4 Å². The maximum Gasteiger partial charge on any atom is 0.0847 e. The van der Waals surface area contributed by atoms with Crippen molar-refractivity contribution in [2.24, 2.45) is 23.7 Å². The first-order chi connectivity index (χ1) is 17.3. The lowest BCUT2D eigenvalue weighted by atomic mass is 9.69. The number of rotatable bonds is 0. The van der Waals surface area contributed by atoms with Crippen molar-refractivity contribution in [2.45, 2.75) is 102 Å². The van der Waals surface area contributed by atoms with Gasteiger partial charge in [0, 0.05) is 32.7 Å². The molecule has 5 aliphatic heterocycles. The highest BCUT2D eigenvalue weighted by molar-refractivity contribution is 4.98. The topological polar surface area (TPSA) is 26.7 Å². The standard InChI is InChI=1S/C32H54N2O/c35-31-19-15-11-7-2-1-6-10-14-18-29-25-33-21-16-12-8-4-3-5-9-13-17-28-23-30(32(29)20-22-33)26-34(24-28)27-31/h2,7-8,12,15,19,28-32,35H,1,3-6,9-11,13-14,16-18,20-27H2/b7-2-,12-8-,19-15-/t28?,29-,30-,31?,32-/m1/s1.